The molecule has 1 nitrogen and oxygen atoms in total. The molecule has 0 amide bonds. The Morgan fingerprint density at radius 2 is 0.929 bits per heavy atom. The fourth-order valence-corrected chi connectivity index (χ4v) is 10.8. The van der Waals surface area contributed by atoms with Gasteiger partial charge in [0.15, 0.2) is 0 Å². The van der Waals surface area contributed by atoms with Crippen LogP contribution in [0.3, 0.4) is 0 Å². The number of para-hydroxylation sites is 1. The van der Waals surface area contributed by atoms with Crippen LogP contribution in [0.4, 0.5) is 0 Å². The maximum Gasteiger partial charge on any atom is 0.215 e. The standard InChI is InChI=1S/C25H19NSSi/c1-4-12-20(13-5-1)28(21-14-6-2-7-15-21,22-16-8-3-9-17-22)25-26-23-18-10-11-19-24(23)27-25/h1-19H. The molecule has 0 atom stereocenters. The number of benzene rings is 4. The number of aromatic nitrogens is 1. The van der Waals surface area contributed by atoms with Gasteiger partial charge in [-0.25, -0.2) is 4.98 Å². The van der Waals surface area contributed by atoms with E-state index in [-0.39, 0.29) is 0 Å². The molecule has 1 heterocycles. The van der Waals surface area contributed by atoms with Crippen LogP contribution < -0.4 is 20.2 Å². The molecule has 0 saturated carbocycles. The van der Waals surface area contributed by atoms with E-state index in [1.807, 2.05) is 11.3 Å². The van der Waals surface area contributed by atoms with Crippen LogP contribution >= 0.6 is 11.3 Å². The molecule has 3 heteroatoms. The van der Waals surface area contributed by atoms with Crippen molar-refractivity contribution in [3.8, 4) is 0 Å². The zero-order valence-corrected chi connectivity index (χ0v) is 17.1. The van der Waals surface area contributed by atoms with E-state index in [0.29, 0.717) is 0 Å². The van der Waals surface area contributed by atoms with E-state index in [4.69, 9.17) is 4.98 Å². The van der Waals surface area contributed by atoms with Crippen LogP contribution in [0.1, 0.15) is 0 Å². The lowest BCUT2D eigenvalue weighted by atomic mass is 10.3. The Bertz CT molecular complexity index is 1070. The Morgan fingerprint density at radius 1 is 0.500 bits per heavy atom. The second-order valence-corrected chi connectivity index (χ2v) is 11.9. The van der Waals surface area contributed by atoms with Gasteiger partial charge in [0.2, 0.25) is 8.07 Å². The summed E-state index contributed by atoms with van der Waals surface area (Å²) in [6.45, 7) is 0. The van der Waals surface area contributed by atoms with Gasteiger partial charge in [-0.3, -0.25) is 0 Å². The van der Waals surface area contributed by atoms with E-state index in [1.165, 1.54) is 24.9 Å². The first-order valence-corrected chi connectivity index (χ1v) is 12.2. The second-order valence-electron chi connectivity index (χ2n) is 6.83. The minimum absolute atomic E-state index is 1.09. The fourth-order valence-electron chi connectivity index (χ4n) is 3.97. The van der Waals surface area contributed by atoms with Crippen molar-refractivity contribution in [3.05, 3.63) is 115 Å². The molecule has 0 unspecified atom stereocenters. The van der Waals surface area contributed by atoms with Crippen LogP contribution in [0.5, 0.6) is 0 Å². The van der Waals surface area contributed by atoms with Crippen molar-refractivity contribution in [1.82, 2.24) is 4.98 Å². The highest BCUT2D eigenvalue weighted by Crippen LogP contribution is 2.19. The Hall–Kier alpha value is -3.01. The Morgan fingerprint density at radius 3 is 1.39 bits per heavy atom. The molecule has 0 aliphatic carbocycles. The first-order chi connectivity index (χ1) is 13.9. The third kappa shape index (κ3) is 2.71. The first-order valence-electron chi connectivity index (χ1n) is 9.41. The average Bonchev–Trinajstić information content (AvgIpc) is 3.21. The molecule has 0 saturated heterocycles. The Labute approximate surface area is 170 Å². The monoisotopic (exact) mass is 393 g/mol. The van der Waals surface area contributed by atoms with E-state index in [1.54, 1.807) is 0 Å². The number of hydrogen-bond donors (Lipinski definition) is 0. The van der Waals surface area contributed by atoms with Crippen molar-refractivity contribution in [2.24, 2.45) is 0 Å². The summed E-state index contributed by atoms with van der Waals surface area (Å²) in [6, 6.07) is 41.3. The molecule has 0 spiro atoms. The first kappa shape index (κ1) is 17.1. The summed E-state index contributed by atoms with van der Waals surface area (Å²) < 4.78 is 2.48. The topological polar surface area (TPSA) is 12.9 Å². The molecule has 134 valence electrons. The predicted molar refractivity (Wildman–Crippen MR) is 123 cm³/mol. The van der Waals surface area contributed by atoms with Crippen molar-refractivity contribution in [3.63, 3.8) is 0 Å². The van der Waals surface area contributed by atoms with Crippen LogP contribution in [-0.4, -0.2) is 13.1 Å². The smallest absolute Gasteiger partial charge is 0.215 e. The summed E-state index contributed by atoms with van der Waals surface area (Å²) in [5.74, 6) is 0. The fraction of sp³-hybridized carbons (Fsp3) is 0. The van der Waals surface area contributed by atoms with Crippen molar-refractivity contribution in [2.45, 2.75) is 0 Å². The summed E-state index contributed by atoms with van der Waals surface area (Å²) in [5, 5.41) is 4.10. The summed E-state index contributed by atoms with van der Waals surface area (Å²) >= 11 is 1.84. The predicted octanol–water partition coefficient (Wildman–Crippen LogP) is 3.67. The van der Waals surface area contributed by atoms with Crippen LogP contribution in [-0.2, 0) is 0 Å². The van der Waals surface area contributed by atoms with Gasteiger partial charge in [0, 0.05) is 0 Å². The highest BCUT2D eigenvalue weighted by atomic mass is 32.1. The van der Waals surface area contributed by atoms with Gasteiger partial charge in [-0.05, 0) is 27.7 Å². The largest absolute Gasteiger partial charge is 0.245 e. The minimum Gasteiger partial charge on any atom is -0.245 e. The summed E-state index contributed by atoms with van der Waals surface area (Å²) in [4.78, 5) is 5.19. The van der Waals surface area contributed by atoms with Gasteiger partial charge in [0.05, 0.1) is 14.8 Å². The molecular weight excluding hydrogens is 374 g/mol. The molecule has 0 fully saturated rings. The van der Waals surface area contributed by atoms with Gasteiger partial charge in [-0.15, -0.1) is 11.3 Å². The summed E-state index contributed by atoms with van der Waals surface area (Å²) in [6.07, 6.45) is 0. The molecule has 0 aliphatic rings. The SMILES string of the molecule is c1ccc([Si](c2ccccc2)(c2ccccc2)c2nc3ccccc3s2)cc1. The number of fused-ring (bicyclic) bond motifs is 1. The van der Waals surface area contributed by atoms with Crippen LogP contribution in [0.15, 0.2) is 115 Å². The van der Waals surface area contributed by atoms with Crippen LogP contribution in [0.25, 0.3) is 10.2 Å². The van der Waals surface area contributed by atoms with Gasteiger partial charge < -0.3 is 0 Å². The molecule has 0 aliphatic heterocycles. The lowest BCUT2D eigenvalue weighted by molar-refractivity contribution is 1.53. The molecule has 0 N–H and O–H groups in total. The normalized spacial score (nSPS) is 11.6. The molecule has 5 aromatic rings. The quantitative estimate of drug-likeness (QED) is 0.335. The molecular formula is C25H19NSSi. The van der Waals surface area contributed by atoms with Crippen LogP contribution in [0, 0.1) is 0 Å². The Kier molecular flexibility index (Phi) is 4.39. The third-order valence-corrected chi connectivity index (χ3v) is 11.7. The minimum atomic E-state index is -2.48. The molecule has 4 aromatic carbocycles. The zero-order valence-electron chi connectivity index (χ0n) is 15.3. The van der Waals surface area contributed by atoms with Crippen molar-refractivity contribution < 1.29 is 0 Å². The van der Waals surface area contributed by atoms with E-state index >= 15 is 0 Å². The van der Waals surface area contributed by atoms with E-state index in [0.717, 1.165) is 5.52 Å². The zero-order chi connectivity index (χ0) is 18.8. The number of nitrogens with zero attached hydrogens (tertiary/aromatic N) is 1. The maximum atomic E-state index is 5.19. The van der Waals surface area contributed by atoms with Gasteiger partial charge in [0.1, 0.15) is 0 Å². The lowest BCUT2D eigenvalue weighted by Gasteiger charge is -2.31. The van der Waals surface area contributed by atoms with Crippen molar-refractivity contribution in [2.75, 3.05) is 0 Å². The van der Waals surface area contributed by atoms with Gasteiger partial charge >= 0.3 is 0 Å². The van der Waals surface area contributed by atoms with E-state index in [2.05, 4.69) is 115 Å². The van der Waals surface area contributed by atoms with Gasteiger partial charge in [0.25, 0.3) is 0 Å². The third-order valence-electron chi connectivity index (χ3n) is 5.24. The number of thiazole rings is 1. The van der Waals surface area contributed by atoms with Crippen molar-refractivity contribution in [1.29, 1.82) is 0 Å². The molecule has 0 bridgehead atoms. The van der Waals surface area contributed by atoms with Gasteiger partial charge in [-0.2, -0.15) is 0 Å². The molecule has 28 heavy (non-hydrogen) atoms. The molecule has 5 rings (SSSR count). The lowest BCUT2D eigenvalue weighted by Crippen LogP contribution is -2.74. The van der Waals surface area contributed by atoms with Crippen molar-refractivity contribution >= 4 is 49.8 Å². The molecule has 1 aromatic heterocycles. The summed E-state index contributed by atoms with van der Waals surface area (Å²) in [7, 11) is -2.48. The Balaban J connectivity index is 1.92. The summed E-state index contributed by atoms with van der Waals surface area (Å²) in [5.41, 5.74) is 1.09. The number of rotatable bonds is 4. The highest BCUT2D eigenvalue weighted by Gasteiger charge is 2.44. The van der Waals surface area contributed by atoms with Crippen LogP contribution in [0.2, 0.25) is 0 Å². The maximum absolute atomic E-state index is 5.19. The highest BCUT2D eigenvalue weighted by molar-refractivity contribution is 7.38. The number of hydrogen-bond acceptors (Lipinski definition) is 2. The van der Waals surface area contributed by atoms with Gasteiger partial charge in [-0.1, -0.05) is 103 Å². The second kappa shape index (κ2) is 7.19. The molecule has 0 radical (unpaired) electrons. The van der Waals surface area contributed by atoms with E-state index in [9.17, 15) is 0 Å². The van der Waals surface area contributed by atoms with E-state index < -0.39 is 8.07 Å². The average molecular weight is 394 g/mol.